The van der Waals surface area contributed by atoms with Gasteiger partial charge in [0, 0.05) is 6.54 Å². The molecule has 1 amide bonds. The molecule has 0 radical (unpaired) electrons. The van der Waals surface area contributed by atoms with Crippen LogP contribution in [-0.2, 0) is 14.4 Å². The highest BCUT2D eigenvalue weighted by Crippen LogP contribution is 2.33. The molecule has 7 nitrogen and oxygen atoms in total. The maximum absolute atomic E-state index is 13.7. The molecule has 0 fully saturated rings. The summed E-state index contributed by atoms with van der Waals surface area (Å²) in [6.07, 6.45) is -0.349. The SMILES string of the molecule is NNOC(=O)CCN1C(=O)C(=O)c2c(F)ccc(F)c21. The Hall–Kier alpha value is -2.39. The van der Waals surface area contributed by atoms with Crippen molar-refractivity contribution in [3.63, 3.8) is 0 Å². The van der Waals surface area contributed by atoms with Crippen molar-refractivity contribution in [2.75, 3.05) is 11.4 Å². The van der Waals surface area contributed by atoms with Crippen LogP contribution in [0.1, 0.15) is 16.8 Å². The van der Waals surface area contributed by atoms with E-state index in [1.807, 2.05) is 0 Å². The van der Waals surface area contributed by atoms with Crippen LogP contribution in [0.15, 0.2) is 12.1 Å². The molecule has 0 aliphatic carbocycles. The third-order valence-electron chi connectivity index (χ3n) is 2.73. The molecule has 9 heteroatoms. The molecule has 1 aliphatic rings. The first-order chi connectivity index (χ1) is 9.47. The van der Waals surface area contributed by atoms with Crippen LogP contribution in [0.4, 0.5) is 14.5 Å². The fourth-order valence-corrected chi connectivity index (χ4v) is 1.89. The maximum Gasteiger partial charge on any atom is 0.328 e. The molecule has 1 heterocycles. The first kappa shape index (κ1) is 14.0. The summed E-state index contributed by atoms with van der Waals surface area (Å²) in [6, 6.07) is 1.56. The number of Topliss-reactive ketones (excluding diaryl/α,β-unsaturated/α-hetero) is 1. The second-order valence-corrected chi connectivity index (χ2v) is 3.88. The van der Waals surface area contributed by atoms with E-state index in [1.54, 1.807) is 5.59 Å². The number of nitrogens with two attached hydrogens (primary N) is 1. The minimum absolute atomic E-state index is 0.335. The Morgan fingerprint density at radius 1 is 1.30 bits per heavy atom. The number of carbonyl (C=O) groups excluding carboxylic acids is 3. The third kappa shape index (κ3) is 2.24. The van der Waals surface area contributed by atoms with Crippen molar-refractivity contribution in [3.05, 3.63) is 29.3 Å². The van der Waals surface area contributed by atoms with E-state index in [2.05, 4.69) is 4.84 Å². The predicted molar refractivity (Wildman–Crippen MR) is 61.1 cm³/mol. The monoisotopic (exact) mass is 285 g/mol. The van der Waals surface area contributed by atoms with Gasteiger partial charge in [0.2, 0.25) is 0 Å². The number of rotatable bonds is 4. The molecule has 20 heavy (non-hydrogen) atoms. The van der Waals surface area contributed by atoms with E-state index in [4.69, 9.17) is 5.84 Å². The molecule has 3 N–H and O–H groups in total. The predicted octanol–water partition coefficient (Wildman–Crippen LogP) is -0.194. The second kappa shape index (κ2) is 5.31. The first-order valence-electron chi connectivity index (χ1n) is 5.46. The Morgan fingerprint density at radius 3 is 2.60 bits per heavy atom. The van der Waals surface area contributed by atoms with Crippen LogP contribution in [0.25, 0.3) is 0 Å². The second-order valence-electron chi connectivity index (χ2n) is 3.88. The number of nitrogens with one attached hydrogen (secondary N) is 1. The van der Waals surface area contributed by atoms with E-state index in [9.17, 15) is 23.2 Å². The molecule has 2 rings (SSSR count). The minimum Gasteiger partial charge on any atom is -0.356 e. The Bertz CT molecular complexity index is 606. The number of anilines is 1. The van der Waals surface area contributed by atoms with Gasteiger partial charge in [-0.3, -0.25) is 14.4 Å². The summed E-state index contributed by atoms with van der Waals surface area (Å²) in [5.74, 6) is -0.243. The van der Waals surface area contributed by atoms with Gasteiger partial charge in [-0.05, 0) is 12.1 Å². The van der Waals surface area contributed by atoms with Gasteiger partial charge in [-0.2, -0.15) is 0 Å². The van der Waals surface area contributed by atoms with Crippen molar-refractivity contribution < 1.29 is 28.0 Å². The molecule has 106 valence electrons. The van der Waals surface area contributed by atoms with E-state index >= 15 is 0 Å². The molecule has 0 saturated heterocycles. The number of fused-ring (bicyclic) bond motifs is 1. The van der Waals surface area contributed by atoms with Crippen molar-refractivity contribution in [1.29, 1.82) is 0 Å². The zero-order valence-electron chi connectivity index (χ0n) is 9.98. The molecule has 1 aliphatic heterocycles. The lowest BCUT2D eigenvalue weighted by Crippen LogP contribution is -2.34. The highest BCUT2D eigenvalue weighted by molar-refractivity contribution is 6.52. The summed E-state index contributed by atoms with van der Waals surface area (Å²) in [5, 5.41) is 0. The van der Waals surface area contributed by atoms with E-state index < -0.39 is 40.5 Å². The van der Waals surface area contributed by atoms with Crippen molar-refractivity contribution in [2.45, 2.75) is 6.42 Å². The van der Waals surface area contributed by atoms with Crippen molar-refractivity contribution in [1.82, 2.24) is 5.59 Å². The Labute approximate surface area is 111 Å². The van der Waals surface area contributed by atoms with Gasteiger partial charge in [-0.25, -0.2) is 14.6 Å². The van der Waals surface area contributed by atoms with Crippen LogP contribution in [0.3, 0.4) is 0 Å². The molecule has 0 bridgehead atoms. The van der Waals surface area contributed by atoms with E-state index in [-0.39, 0.29) is 13.0 Å². The van der Waals surface area contributed by atoms with Gasteiger partial charge in [-0.15, -0.1) is 0 Å². The quantitative estimate of drug-likeness (QED) is 0.451. The Kier molecular flexibility index (Phi) is 3.72. The molecule has 1 aromatic carbocycles. The lowest BCUT2D eigenvalue weighted by Gasteiger charge is -2.16. The number of amides is 1. The standard InChI is InChI=1S/C11H9F2N3O4/c12-5-1-2-6(13)9-8(5)10(18)11(19)16(9)4-3-7(17)20-15-14/h1-2,15H,3-4,14H2. The normalized spacial score (nSPS) is 13.7. The minimum atomic E-state index is -1.15. The number of nitrogens with zero attached hydrogens (tertiary/aromatic N) is 1. The van der Waals surface area contributed by atoms with Gasteiger partial charge >= 0.3 is 5.97 Å². The summed E-state index contributed by atoms with van der Waals surface area (Å²) in [5.41, 5.74) is 0.559. The van der Waals surface area contributed by atoms with Crippen LogP contribution in [0.5, 0.6) is 0 Å². The zero-order valence-corrected chi connectivity index (χ0v) is 9.98. The first-order valence-corrected chi connectivity index (χ1v) is 5.46. The topological polar surface area (TPSA) is 102 Å². The summed E-state index contributed by atoms with van der Waals surface area (Å²) < 4.78 is 27.2. The number of halogens is 2. The van der Waals surface area contributed by atoms with Crippen molar-refractivity contribution in [3.8, 4) is 0 Å². The summed E-state index contributed by atoms with van der Waals surface area (Å²) >= 11 is 0. The van der Waals surface area contributed by atoms with E-state index in [1.165, 1.54) is 0 Å². The van der Waals surface area contributed by atoms with E-state index in [0.717, 1.165) is 12.1 Å². The van der Waals surface area contributed by atoms with Crippen LogP contribution < -0.4 is 16.3 Å². The number of hydrogen-bond donors (Lipinski definition) is 2. The van der Waals surface area contributed by atoms with Gasteiger partial charge in [0.05, 0.1) is 17.7 Å². The molecule has 0 atom stereocenters. The number of benzene rings is 1. The zero-order chi connectivity index (χ0) is 14.9. The van der Waals surface area contributed by atoms with Gasteiger partial charge in [0.25, 0.3) is 11.7 Å². The molecule has 1 aromatic rings. The van der Waals surface area contributed by atoms with Gasteiger partial charge < -0.3 is 9.74 Å². The fourth-order valence-electron chi connectivity index (χ4n) is 1.89. The highest BCUT2D eigenvalue weighted by atomic mass is 19.1. The largest absolute Gasteiger partial charge is 0.356 e. The molecule has 0 unspecified atom stereocenters. The lowest BCUT2D eigenvalue weighted by molar-refractivity contribution is -0.151. The number of ketones is 1. The van der Waals surface area contributed by atoms with Crippen molar-refractivity contribution >= 4 is 23.3 Å². The molecule has 0 saturated carbocycles. The van der Waals surface area contributed by atoms with Crippen LogP contribution in [0, 0.1) is 11.6 Å². The van der Waals surface area contributed by atoms with Crippen LogP contribution >= 0.6 is 0 Å². The molecular weight excluding hydrogens is 276 g/mol. The smallest absolute Gasteiger partial charge is 0.328 e. The number of carbonyl (C=O) groups is 3. The fraction of sp³-hybridized carbons (Fsp3) is 0.182. The summed E-state index contributed by atoms with van der Waals surface area (Å²) in [6.45, 7) is -0.335. The number of hydrazine groups is 1. The number of hydrogen-bond acceptors (Lipinski definition) is 6. The lowest BCUT2D eigenvalue weighted by atomic mass is 10.1. The average Bonchev–Trinajstić information content (AvgIpc) is 2.66. The summed E-state index contributed by atoms with van der Waals surface area (Å²) in [7, 11) is 0. The van der Waals surface area contributed by atoms with Crippen LogP contribution in [-0.4, -0.2) is 24.2 Å². The Balaban J connectivity index is 2.29. The van der Waals surface area contributed by atoms with Gasteiger partial charge in [0.15, 0.2) is 0 Å². The van der Waals surface area contributed by atoms with Crippen LogP contribution in [0.2, 0.25) is 0 Å². The highest BCUT2D eigenvalue weighted by Gasteiger charge is 2.40. The third-order valence-corrected chi connectivity index (χ3v) is 2.73. The maximum atomic E-state index is 13.7. The summed E-state index contributed by atoms with van der Waals surface area (Å²) in [4.78, 5) is 39.3. The average molecular weight is 285 g/mol. The van der Waals surface area contributed by atoms with Crippen molar-refractivity contribution in [2.24, 2.45) is 5.84 Å². The Morgan fingerprint density at radius 2 is 1.95 bits per heavy atom. The van der Waals surface area contributed by atoms with Gasteiger partial charge in [0.1, 0.15) is 11.6 Å². The molecule has 0 spiro atoms. The molecular formula is C11H9F2N3O4. The van der Waals surface area contributed by atoms with Gasteiger partial charge in [-0.1, -0.05) is 5.59 Å². The van der Waals surface area contributed by atoms with E-state index in [0.29, 0.717) is 4.90 Å². The molecule has 0 aromatic heterocycles.